The van der Waals surface area contributed by atoms with Crippen LogP contribution in [-0.2, 0) is 9.53 Å². The van der Waals surface area contributed by atoms with Crippen LogP contribution in [0.4, 0.5) is 0 Å². The van der Waals surface area contributed by atoms with Gasteiger partial charge in [0.2, 0.25) is 0 Å². The Morgan fingerprint density at radius 1 is 1.23 bits per heavy atom. The van der Waals surface area contributed by atoms with Crippen LogP contribution in [0.2, 0.25) is 0 Å². The molecule has 3 rings (SSSR count). The molecule has 2 aromatic rings. The number of likely N-dealkylation sites (tertiary alicyclic amines) is 1. The summed E-state index contributed by atoms with van der Waals surface area (Å²) in [5, 5.41) is 13.4. The van der Waals surface area contributed by atoms with Gasteiger partial charge in [0, 0.05) is 25.9 Å². The molecule has 2 atom stereocenters. The number of hydrogen-bond acceptors (Lipinski definition) is 5. The van der Waals surface area contributed by atoms with Gasteiger partial charge in [-0.3, -0.25) is 9.59 Å². The molecule has 0 radical (unpaired) electrons. The molecule has 0 bridgehead atoms. The Kier molecular flexibility index (Phi) is 5.22. The van der Waals surface area contributed by atoms with Gasteiger partial charge in [-0.25, -0.2) is 4.68 Å². The monoisotopic (exact) mass is 359 g/mol. The third-order valence-electron chi connectivity index (χ3n) is 4.53. The van der Waals surface area contributed by atoms with Gasteiger partial charge in [-0.05, 0) is 36.8 Å². The molecule has 2 heterocycles. The highest BCUT2D eigenvalue weighted by Crippen LogP contribution is 2.24. The molecule has 1 fully saturated rings. The van der Waals surface area contributed by atoms with E-state index in [-0.39, 0.29) is 24.1 Å². The molecule has 2 unspecified atom stereocenters. The van der Waals surface area contributed by atoms with Crippen LogP contribution >= 0.6 is 0 Å². The predicted octanol–water partition coefficient (Wildman–Crippen LogP) is 1.59. The van der Waals surface area contributed by atoms with Crippen molar-refractivity contribution in [3.63, 3.8) is 0 Å². The van der Waals surface area contributed by atoms with Gasteiger partial charge in [-0.2, -0.15) is 5.10 Å². The fourth-order valence-corrected chi connectivity index (χ4v) is 3.15. The zero-order chi connectivity index (χ0) is 18.7. The largest absolute Gasteiger partial charge is 0.497 e. The van der Waals surface area contributed by atoms with Gasteiger partial charge in [0.1, 0.15) is 5.75 Å². The topological polar surface area (TPSA) is 93.9 Å². The van der Waals surface area contributed by atoms with Crippen LogP contribution in [-0.4, -0.2) is 64.6 Å². The maximum absolute atomic E-state index is 12.8. The maximum atomic E-state index is 12.8. The molecule has 1 saturated heterocycles. The number of hydrogen-bond donors (Lipinski definition) is 1. The second-order valence-electron chi connectivity index (χ2n) is 6.15. The molecule has 1 amide bonds. The van der Waals surface area contributed by atoms with E-state index in [1.807, 2.05) is 24.3 Å². The minimum absolute atomic E-state index is 0.106. The number of benzene rings is 1. The van der Waals surface area contributed by atoms with Crippen molar-refractivity contribution in [3.8, 4) is 11.4 Å². The normalized spacial score (nSPS) is 19.5. The summed E-state index contributed by atoms with van der Waals surface area (Å²) in [5.74, 6) is -0.493. The van der Waals surface area contributed by atoms with Gasteiger partial charge in [0.25, 0.3) is 5.91 Å². The number of rotatable bonds is 6. The molecule has 1 aliphatic rings. The van der Waals surface area contributed by atoms with E-state index in [0.29, 0.717) is 13.0 Å². The molecule has 26 heavy (non-hydrogen) atoms. The lowest BCUT2D eigenvalue weighted by molar-refractivity contribution is -0.138. The van der Waals surface area contributed by atoms with Gasteiger partial charge in [0.15, 0.2) is 5.69 Å². The van der Waals surface area contributed by atoms with E-state index in [9.17, 15) is 9.59 Å². The molecular weight excluding hydrogens is 338 g/mol. The Hall–Kier alpha value is -2.87. The zero-order valence-electron chi connectivity index (χ0n) is 14.7. The predicted molar refractivity (Wildman–Crippen MR) is 92.6 cm³/mol. The van der Waals surface area contributed by atoms with Gasteiger partial charge < -0.3 is 19.5 Å². The summed E-state index contributed by atoms with van der Waals surface area (Å²) < 4.78 is 12.0. The number of amides is 1. The van der Waals surface area contributed by atoms with Crippen molar-refractivity contribution >= 4 is 11.9 Å². The van der Waals surface area contributed by atoms with E-state index >= 15 is 0 Å². The summed E-state index contributed by atoms with van der Waals surface area (Å²) in [7, 11) is 3.16. The van der Waals surface area contributed by atoms with Crippen molar-refractivity contribution in [3.05, 3.63) is 42.2 Å². The second-order valence-corrected chi connectivity index (χ2v) is 6.15. The van der Waals surface area contributed by atoms with Crippen LogP contribution in [0.25, 0.3) is 5.69 Å². The molecule has 8 nitrogen and oxygen atoms in total. The number of ether oxygens (including phenoxy) is 2. The molecule has 1 aliphatic heterocycles. The summed E-state index contributed by atoms with van der Waals surface area (Å²) in [6.45, 7) is 0.364. The summed E-state index contributed by atoms with van der Waals surface area (Å²) in [4.78, 5) is 25.5. The number of carbonyl (C=O) groups is 2. The minimum Gasteiger partial charge on any atom is -0.497 e. The number of carbonyl (C=O) groups excluding carboxylic acids is 1. The highest BCUT2D eigenvalue weighted by atomic mass is 16.5. The van der Waals surface area contributed by atoms with E-state index in [1.54, 1.807) is 36.1 Å². The molecule has 0 saturated carbocycles. The molecule has 1 N–H and O–H groups in total. The van der Waals surface area contributed by atoms with Crippen LogP contribution in [0, 0.1) is 0 Å². The molecule has 0 spiro atoms. The first-order valence-corrected chi connectivity index (χ1v) is 8.27. The van der Waals surface area contributed by atoms with Crippen molar-refractivity contribution in [1.82, 2.24) is 14.7 Å². The van der Waals surface area contributed by atoms with E-state index in [4.69, 9.17) is 14.6 Å². The second kappa shape index (κ2) is 7.57. The average Bonchev–Trinajstić information content (AvgIpc) is 3.28. The Labute approximate surface area is 150 Å². The summed E-state index contributed by atoms with van der Waals surface area (Å²) >= 11 is 0. The number of aromatic nitrogens is 2. The number of nitrogens with zero attached hydrogens (tertiary/aromatic N) is 3. The van der Waals surface area contributed by atoms with Crippen molar-refractivity contribution < 1.29 is 24.2 Å². The average molecular weight is 359 g/mol. The van der Waals surface area contributed by atoms with Crippen LogP contribution in [0.15, 0.2) is 36.5 Å². The fourth-order valence-electron chi connectivity index (χ4n) is 3.15. The van der Waals surface area contributed by atoms with Crippen LogP contribution in [0.5, 0.6) is 5.75 Å². The molecule has 0 aliphatic carbocycles. The first kappa shape index (κ1) is 17.9. The lowest BCUT2D eigenvalue weighted by atomic mass is 10.1. The van der Waals surface area contributed by atoms with Gasteiger partial charge in [-0.1, -0.05) is 0 Å². The summed E-state index contributed by atoms with van der Waals surface area (Å²) in [6.07, 6.45) is 1.94. The van der Waals surface area contributed by atoms with Crippen LogP contribution in [0.3, 0.4) is 0 Å². The van der Waals surface area contributed by atoms with Gasteiger partial charge in [-0.15, -0.1) is 0 Å². The third kappa shape index (κ3) is 3.70. The van der Waals surface area contributed by atoms with E-state index in [1.165, 1.54) is 0 Å². The first-order valence-electron chi connectivity index (χ1n) is 8.27. The SMILES string of the molecule is COc1ccc(-n2ccc(C(=O)N3CC(OC)CC3CC(=O)O)n2)cc1. The highest BCUT2D eigenvalue weighted by molar-refractivity contribution is 5.93. The number of carboxylic acids is 1. The Morgan fingerprint density at radius 3 is 2.58 bits per heavy atom. The number of carboxylic acid groups (broad SMARTS) is 1. The molecule has 1 aromatic heterocycles. The standard InChI is InChI=1S/C18H21N3O5/c1-25-14-5-3-12(4-6-14)21-8-7-16(19-21)18(24)20-11-15(26-2)9-13(20)10-17(22)23/h3-8,13,15H,9-11H2,1-2H3,(H,22,23). The van der Waals surface area contributed by atoms with Crippen molar-refractivity contribution in [2.24, 2.45) is 0 Å². The van der Waals surface area contributed by atoms with E-state index in [2.05, 4.69) is 5.10 Å². The first-order chi connectivity index (χ1) is 12.5. The number of methoxy groups -OCH3 is 2. The zero-order valence-corrected chi connectivity index (χ0v) is 14.7. The fraction of sp³-hybridized carbons (Fsp3) is 0.389. The third-order valence-corrected chi connectivity index (χ3v) is 4.53. The van der Waals surface area contributed by atoms with E-state index in [0.717, 1.165) is 11.4 Å². The van der Waals surface area contributed by atoms with Crippen LogP contribution < -0.4 is 4.74 Å². The smallest absolute Gasteiger partial charge is 0.305 e. The Bertz CT molecular complexity index is 786. The molecule has 8 heteroatoms. The van der Waals surface area contributed by atoms with Crippen molar-refractivity contribution in [2.75, 3.05) is 20.8 Å². The summed E-state index contributed by atoms with van der Waals surface area (Å²) in [6, 6.07) is 8.53. The van der Waals surface area contributed by atoms with Crippen molar-refractivity contribution in [1.29, 1.82) is 0 Å². The Balaban J connectivity index is 1.78. The van der Waals surface area contributed by atoms with Crippen molar-refractivity contribution in [2.45, 2.75) is 25.0 Å². The maximum Gasteiger partial charge on any atom is 0.305 e. The molecular formula is C18H21N3O5. The lowest BCUT2D eigenvalue weighted by Crippen LogP contribution is -2.37. The van der Waals surface area contributed by atoms with Gasteiger partial charge in [0.05, 0.1) is 25.3 Å². The van der Waals surface area contributed by atoms with E-state index < -0.39 is 12.0 Å². The van der Waals surface area contributed by atoms with Gasteiger partial charge >= 0.3 is 5.97 Å². The minimum atomic E-state index is -0.937. The lowest BCUT2D eigenvalue weighted by Gasteiger charge is -2.22. The molecule has 1 aromatic carbocycles. The number of aliphatic carboxylic acids is 1. The quantitative estimate of drug-likeness (QED) is 0.842. The van der Waals surface area contributed by atoms with Crippen LogP contribution in [0.1, 0.15) is 23.3 Å². The Morgan fingerprint density at radius 2 is 1.96 bits per heavy atom. The summed E-state index contributed by atoms with van der Waals surface area (Å²) in [5.41, 5.74) is 1.07. The highest BCUT2D eigenvalue weighted by Gasteiger charge is 2.37. The molecule has 138 valence electrons.